The lowest BCUT2D eigenvalue weighted by atomic mass is 10.2. The molecule has 0 atom stereocenters. The van der Waals surface area contributed by atoms with Crippen LogP contribution in [0.15, 0.2) is 81.7 Å². The number of aryl methyl sites for hydroxylation is 1. The van der Waals surface area contributed by atoms with Crippen LogP contribution in [0.2, 0.25) is 5.02 Å². The summed E-state index contributed by atoms with van der Waals surface area (Å²) in [6.07, 6.45) is 3.67. The van der Waals surface area contributed by atoms with E-state index in [4.69, 9.17) is 21.8 Å². The maximum absolute atomic E-state index is 12.3. The van der Waals surface area contributed by atoms with Gasteiger partial charge in [-0.05, 0) is 32.1 Å². The number of nitrogens with zero attached hydrogens (tertiary/aromatic N) is 1. The summed E-state index contributed by atoms with van der Waals surface area (Å²) in [5, 5.41) is 13.8. The highest BCUT2D eigenvalue weighted by molar-refractivity contribution is 7.90. The van der Waals surface area contributed by atoms with E-state index in [1.165, 1.54) is 24.6 Å². The van der Waals surface area contributed by atoms with Crippen molar-refractivity contribution in [1.82, 2.24) is 4.72 Å². The number of sulfonamides is 2. The zero-order chi connectivity index (χ0) is 23.7. The Kier molecular flexibility index (Phi) is 10.1. The second-order valence-electron chi connectivity index (χ2n) is 6.18. The number of halogens is 1. The number of nitrogens with two attached hydrogens (primary N) is 1. The van der Waals surface area contributed by atoms with Gasteiger partial charge < -0.3 is 5.11 Å². The number of benzene rings is 2. The van der Waals surface area contributed by atoms with E-state index in [1.54, 1.807) is 0 Å². The molecule has 2 aromatic rings. The van der Waals surface area contributed by atoms with Crippen molar-refractivity contribution in [3.63, 3.8) is 0 Å². The van der Waals surface area contributed by atoms with Crippen molar-refractivity contribution in [2.75, 3.05) is 6.54 Å². The number of allylic oxidation sites excluding steroid dienone is 2. The number of aliphatic imine (C=N–C) groups is 1. The monoisotopic (exact) mass is 485 g/mol. The SMILES string of the molecule is C=CCNS(=O)(=O)c1cc(S(N)(=O)=O)c(Cl)cc1/N=C/C=C(/C)O.Cc1ccccc1. The summed E-state index contributed by atoms with van der Waals surface area (Å²) in [6.45, 7) is 6.79. The molecular formula is C20H24ClN3O5S2. The second kappa shape index (κ2) is 11.8. The second-order valence-corrected chi connectivity index (χ2v) is 9.85. The van der Waals surface area contributed by atoms with Gasteiger partial charge in [-0.2, -0.15) is 0 Å². The molecule has 0 amide bonds. The van der Waals surface area contributed by atoms with E-state index >= 15 is 0 Å². The molecule has 4 N–H and O–H groups in total. The van der Waals surface area contributed by atoms with Crippen LogP contribution in [-0.2, 0) is 20.0 Å². The highest BCUT2D eigenvalue weighted by Crippen LogP contribution is 2.32. The number of hydrogen-bond acceptors (Lipinski definition) is 6. The highest BCUT2D eigenvalue weighted by Gasteiger charge is 2.24. The summed E-state index contributed by atoms with van der Waals surface area (Å²) in [4.78, 5) is 2.90. The average Bonchev–Trinajstić information content (AvgIpc) is 2.66. The van der Waals surface area contributed by atoms with Crippen LogP contribution in [0.1, 0.15) is 12.5 Å². The van der Waals surface area contributed by atoms with Crippen LogP contribution >= 0.6 is 11.6 Å². The Balaban J connectivity index is 0.000000577. The van der Waals surface area contributed by atoms with Gasteiger partial charge in [0.25, 0.3) is 0 Å². The Labute approximate surface area is 187 Å². The van der Waals surface area contributed by atoms with E-state index < -0.39 is 29.8 Å². The molecule has 0 saturated heterocycles. The molecule has 31 heavy (non-hydrogen) atoms. The molecule has 0 heterocycles. The Bertz CT molecular complexity index is 1170. The number of aliphatic hydroxyl groups excluding tert-OH is 1. The number of primary sulfonamides is 1. The third-order valence-corrected chi connectivity index (χ3v) is 6.33. The quantitative estimate of drug-likeness (QED) is 0.312. The molecule has 0 bridgehead atoms. The zero-order valence-electron chi connectivity index (χ0n) is 17.0. The number of hydrogen-bond donors (Lipinski definition) is 3. The Morgan fingerprint density at radius 2 is 1.81 bits per heavy atom. The van der Waals surface area contributed by atoms with E-state index in [1.807, 2.05) is 18.2 Å². The Morgan fingerprint density at radius 1 is 1.19 bits per heavy atom. The van der Waals surface area contributed by atoms with Gasteiger partial charge in [0.2, 0.25) is 20.0 Å². The molecule has 11 heteroatoms. The first-order valence-electron chi connectivity index (χ1n) is 8.77. The highest BCUT2D eigenvalue weighted by atomic mass is 35.5. The molecule has 8 nitrogen and oxygen atoms in total. The molecule has 0 fully saturated rings. The van der Waals surface area contributed by atoms with Gasteiger partial charge in [-0.1, -0.05) is 53.6 Å². The van der Waals surface area contributed by atoms with E-state index in [0.717, 1.165) is 18.3 Å². The number of nitrogens with one attached hydrogen (secondary N) is 1. The minimum Gasteiger partial charge on any atom is -0.513 e. The predicted molar refractivity (Wildman–Crippen MR) is 124 cm³/mol. The lowest BCUT2D eigenvalue weighted by Crippen LogP contribution is -2.24. The van der Waals surface area contributed by atoms with Gasteiger partial charge >= 0.3 is 0 Å². The first kappa shape index (κ1) is 26.5. The topological polar surface area (TPSA) is 139 Å². The Hall–Kier alpha value is -2.50. The van der Waals surface area contributed by atoms with Crippen LogP contribution in [0.5, 0.6) is 0 Å². The van der Waals surface area contributed by atoms with E-state index in [9.17, 15) is 16.8 Å². The maximum atomic E-state index is 12.3. The van der Waals surface area contributed by atoms with Crippen LogP contribution in [0, 0.1) is 6.92 Å². The Morgan fingerprint density at radius 3 is 2.26 bits per heavy atom. The first-order valence-corrected chi connectivity index (χ1v) is 12.2. The third-order valence-electron chi connectivity index (χ3n) is 3.50. The molecular weight excluding hydrogens is 462 g/mol. The summed E-state index contributed by atoms with van der Waals surface area (Å²) >= 11 is 5.85. The lowest BCUT2D eigenvalue weighted by Gasteiger charge is -2.11. The van der Waals surface area contributed by atoms with Crippen LogP contribution in [0.25, 0.3) is 0 Å². The fourth-order valence-electron chi connectivity index (χ4n) is 2.06. The van der Waals surface area contributed by atoms with Gasteiger partial charge in [-0.25, -0.2) is 26.7 Å². The van der Waals surface area contributed by atoms with Gasteiger partial charge in [-0.3, -0.25) is 4.99 Å². The predicted octanol–water partition coefficient (Wildman–Crippen LogP) is 3.61. The van der Waals surface area contributed by atoms with Gasteiger partial charge in [0, 0.05) is 12.8 Å². The molecule has 0 aliphatic heterocycles. The average molecular weight is 486 g/mol. The molecule has 0 radical (unpaired) electrons. The summed E-state index contributed by atoms with van der Waals surface area (Å²) in [5.74, 6) is -0.0554. The maximum Gasteiger partial charge on any atom is 0.243 e. The molecule has 0 unspecified atom stereocenters. The van der Waals surface area contributed by atoms with Crippen molar-refractivity contribution >= 4 is 43.5 Å². The standard InChI is InChI=1S/C13H16ClN3O5S2.C7H8/c1-3-5-17-24(21,22)13-8-12(23(15,19)20)10(14)7-11(13)16-6-4-9(2)18;1-7-5-3-2-4-6-7/h3-4,6-8,17-18H,1,5H2,2H3,(H2,15,19,20);2-6H,1H3/b9-4-,16-6+;. The molecule has 2 rings (SSSR count). The van der Waals surface area contributed by atoms with Crippen LogP contribution in [0.3, 0.4) is 0 Å². The van der Waals surface area contributed by atoms with E-state index in [-0.39, 0.29) is 23.0 Å². The van der Waals surface area contributed by atoms with Crippen LogP contribution in [-0.4, -0.2) is 34.7 Å². The number of rotatable bonds is 7. The molecule has 168 valence electrons. The van der Waals surface area contributed by atoms with Crippen molar-refractivity contribution in [2.45, 2.75) is 23.6 Å². The summed E-state index contributed by atoms with van der Waals surface area (Å²) in [7, 11) is -8.34. The smallest absolute Gasteiger partial charge is 0.243 e. The fraction of sp³-hybridized carbons (Fsp3) is 0.150. The van der Waals surface area contributed by atoms with Gasteiger partial charge in [0.1, 0.15) is 9.79 Å². The number of aliphatic hydroxyl groups is 1. The van der Waals surface area contributed by atoms with Crippen LogP contribution < -0.4 is 9.86 Å². The first-order chi connectivity index (χ1) is 14.4. The van der Waals surface area contributed by atoms with Gasteiger partial charge in [0.05, 0.1) is 16.5 Å². The largest absolute Gasteiger partial charge is 0.513 e. The molecule has 0 aliphatic rings. The van der Waals surface area contributed by atoms with E-state index in [0.29, 0.717) is 0 Å². The van der Waals surface area contributed by atoms with Crippen LogP contribution in [0.4, 0.5) is 5.69 Å². The van der Waals surface area contributed by atoms with Gasteiger partial charge in [-0.15, -0.1) is 6.58 Å². The van der Waals surface area contributed by atoms with Crippen molar-refractivity contribution in [2.24, 2.45) is 10.1 Å². The molecule has 0 aliphatic carbocycles. The lowest BCUT2D eigenvalue weighted by molar-refractivity contribution is 0.415. The zero-order valence-corrected chi connectivity index (χ0v) is 19.4. The minimum absolute atomic E-state index is 0.0554. The molecule has 0 aromatic heterocycles. The van der Waals surface area contributed by atoms with E-state index in [2.05, 4.69) is 35.3 Å². The van der Waals surface area contributed by atoms with Crippen molar-refractivity contribution in [1.29, 1.82) is 0 Å². The summed E-state index contributed by atoms with van der Waals surface area (Å²) in [6, 6.07) is 12.1. The van der Waals surface area contributed by atoms with Gasteiger partial charge in [0.15, 0.2) is 0 Å². The molecule has 0 saturated carbocycles. The van der Waals surface area contributed by atoms with Crippen molar-refractivity contribution < 1.29 is 21.9 Å². The third kappa shape index (κ3) is 9.03. The minimum atomic E-state index is -4.24. The molecule has 2 aromatic carbocycles. The summed E-state index contributed by atoms with van der Waals surface area (Å²) < 4.78 is 49.9. The summed E-state index contributed by atoms with van der Waals surface area (Å²) in [5.41, 5.74) is 1.20. The van der Waals surface area contributed by atoms with Crippen molar-refractivity contribution in [3.8, 4) is 0 Å². The van der Waals surface area contributed by atoms with Crippen molar-refractivity contribution in [3.05, 3.63) is 77.5 Å². The molecule has 0 spiro atoms. The fourth-order valence-corrected chi connectivity index (χ4v) is 4.39. The normalized spacial score (nSPS) is 12.3.